The molecule has 0 saturated heterocycles. The summed E-state index contributed by atoms with van der Waals surface area (Å²) in [5.41, 5.74) is 1.40. The minimum atomic E-state index is -0.924. The number of hydrogen-bond donors (Lipinski definition) is 3. The Kier molecular flexibility index (Phi) is 3.88. The Labute approximate surface area is 115 Å². The van der Waals surface area contributed by atoms with Crippen LogP contribution in [0.15, 0.2) is 24.3 Å². The van der Waals surface area contributed by atoms with E-state index in [9.17, 15) is 19.5 Å². The van der Waals surface area contributed by atoms with Crippen LogP contribution in [0.4, 0.5) is 10.5 Å². The van der Waals surface area contributed by atoms with Crippen molar-refractivity contribution in [3.8, 4) is 0 Å². The van der Waals surface area contributed by atoms with Gasteiger partial charge in [0.05, 0.1) is 6.54 Å². The summed E-state index contributed by atoms with van der Waals surface area (Å²) < 4.78 is 0. The van der Waals surface area contributed by atoms with Crippen LogP contribution in [0.3, 0.4) is 0 Å². The number of carbonyl (C=O) groups is 3. The second-order valence-corrected chi connectivity index (χ2v) is 4.46. The van der Waals surface area contributed by atoms with Crippen LogP contribution in [0.5, 0.6) is 0 Å². The molecule has 0 bridgehead atoms. The molecule has 0 fully saturated rings. The van der Waals surface area contributed by atoms with Crippen LogP contribution < -0.4 is 15.5 Å². The smallest absolute Gasteiger partial charge is 0.321 e. The summed E-state index contributed by atoms with van der Waals surface area (Å²) in [6, 6.07) is 6.48. The van der Waals surface area contributed by atoms with Gasteiger partial charge in [0.25, 0.3) is 0 Å². The SMILES string of the molecule is CNC(=O)NC(=O)CN1CC(C(=O)O)c2ccccc21. The molecule has 0 radical (unpaired) electrons. The number of para-hydroxylation sites is 1. The van der Waals surface area contributed by atoms with Crippen LogP contribution in [0.2, 0.25) is 0 Å². The van der Waals surface area contributed by atoms with Gasteiger partial charge in [-0.2, -0.15) is 0 Å². The molecule has 1 atom stereocenters. The van der Waals surface area contributed by atoms with Gasteiger partial charge in [-0.3, -0.25) is 14.9 Å². The Hall–Kier alpha value is -2.57. The van der Waals surface area contributed by atoms with Crippen molar-refractivity contribution in [2.45, 2.75) is 5.92 Å². The number of urea groups is 1. The normalized spacial score (nSPS) is 16.4. The molecular weight excluding hydrogens is 262 g/mol. The lowest BCUT2D eigenvalue weighted by atomic mass is 10.0. The Morgan fingerprint density at radius 3 is 2.70 bits per heavy atom. The van der Waals surface area contributed by atoms with Gasteiger partial charge in [0.1, 0.15) is 5.92 Å². The molecule has 7 nitrogen and oxygen atoms in total. The molecule has 106 valence electrons. The number of nitrogens with zero attached hydrogens (tertiary/aromatic N) is 1. The van der Waals surface area contributed by atoms with Crippen molar-refractivity contribution in [3.63, 3.8) is 0 Å². The van der Waals surface area contributed by atoms with E-state index in [4.69, 9.17) is 0 Å². The van der Waals surface area contributed by atoms with E-state index in [1.54, 1.807) is 29.2 Å². The Morgan fingerprint density at radius 1 is 1.35 bits per heavy atom. The molecule has 0 saturated carbocycles. The predicted molar refractivity (Wildman–Crippen MR) is 71.6 cm³/mol. The molecule has 3 N–H and O–H groups in total. The van der Waals surface area contributed by atoms with E-state index < -0.39 is 23.8 Å². The first kappa shape index (κ1) is 13.9. The van der Waals surface area contributed by atoms with Gasteiger partial charge in [-0.15, -0.1) is 0 Å². The van der Waals surface area contributed by atoms with Crippen LogP contribution in [-0.4, -0.2) is 43.2 Å². The van der Waals surface area contributed by atoms with Gasteiger partial charge in [0.2, 0.25) is 5.91 Å². The lowest BCUT2D eigenvalue weighted by molar-refractivity contribution is -0.138. The van der Waals surface area contributed by atoms with Gasteiger partial charge in [0.15, 0.2) is 0 Å². The molecule has 0 aromatic heterocycles. The Morgan fingerprint density at radius 2 is 2.05 bits per heavy atom. The number of hydrogen-bond acceptors (Lipinski definition) is 4. The minimum absolute atomic E-state index is 0.0613. The molecule has 3 amide bonds. The van der Waals surface area contributed by atoms with Crippen LogP contribution in [0, 0.1) is 0 Å². The summed E-state index contributed by atoms with van der Waals surface area (Å²) >= 11 is 0. The zero-order chi connectivity index (χ0) is 14.7. The fourth-order valence-corrected chi connectivity index (χ4v) is 2.25. The van der Waals surface area contributed by atoms with Gasteiger partial charge < -0.3 is 15.3 Å². The Bertz CT molecular complexity index is 558. The third kappa shape index (κ3) is 2.71. The van der Waals surface area contributed by atoms with Gasteiger partial charge in [-0.05, 0) is 11.6 Å². The Balaban J connectivity index is 2.13. The number of rotatable bonds is 3. The largest absolute Gasteiger partial charge is 0.481 e. The highest BCUT2D eigenvalue weighted by molar-refractivity contribution is 5.97. The molecule has 1 aromatic rings. The fourth-order valence-electron chi connectivity index (χ4n) is 2.25. The van der Waals surface area contributed by atoms with E-state index in [1.807, 2.05) is 0 Å². The molecular formula is C13H15N3O4. The first-order valence-corrected chi connectivity index (χ1v) is 6.11. The van der Waals surface area contributed by atoms with Gasteiger partial charge in [-0.25, -0.2) is 4.79 Å². The third-order valence-corrected chi connectivity index (χ3v) is 3.17. The average molecular weight is 277 g/mol. The maximum absolute atomic E-state index is 11.7. The maximum Gasteiger partial charge on any atom is 0.321 e. The van der Waals surface area contributed by atoms with Crippen molar-refractivity contribution in [1.29, 1.82) is 0 Å². The number of anilines is 1. The molecule has 0 aliphatic carbocycles. The van der Waals surface area contributed by atoms with Crippen LogP contribution in [0.1, 0.15) is 11.5 Å². The highest BCUT2D eigenvalue weighted by atomic mass is 16.4. The highest BCUT2D eigenvalue weighted by Crippen LogP contribution is 2.35. The number of fused-ring (bicyclic) bond motifs is 1. The second-order valence-electron chi connectivity index (χ2n) is 4.46. The molecule has 7 heteroatoms. The van der Waals surface area contributed by atoms with Crippen molar-refractivity contribution in [1.82, 2.24) is 10.6 Å². The first-order chi connectivity index (χ1) is 9.52. The van der Waals surface area contributed by atoms with Crippen LogP contribution >= 0.6 is 0 Å². The summed E-state index contributed by atoms with van der Waals surface area (Å²) in [6.07, 6.45) is 0. The van der Waals surface area contributed by atoms with E-state index in [0.29, 0.717) is 11.3 Å². The predicted octanol–water partition coefficient (Wildman–Crippen LogP) is 0.130. The number of carbonyl (C=O) groups excluding carboxylic acids is 2. The van der Waals surface area contributed by atoms with Crippen molar-refractivity contribution in [3.05, 3.63) is 29.8 Å². The molecule has 1 aliphatic rings. The van der Waals surface area contributed by atoms with E-state index >= 15 is 0 Å². The van der Waals surface area contributed by atoms with Crippen molar-refractivity contribution >= 4 is 23.6 Å². The first-order valence-electron chi connectivity index (χ1n) is 6.11. The number of carboxylic acids is 1. The van der Waals surface area contributed by atoms with Crippen molar-refractivity contribution < 1.29 is 19.5 Å². The molecule has 1 aromatic carbocycles. The third-order valence-electron chi connectivity index (χ3n) is 3.17. The molecule has 0 spiro atoms. The summed E-state index contributed by atoms with van der Waals surface area (Å²) in [5, 5.41) is 13.6. The maximum atomic E-state index is 11.7. The number of benzene rings is 1. The van der Waals surface area contributed by atoms with Gasteiger partial charge in [-0.1, -0.05) is 18.2 Å². The molecule has 20 heavy (non-hydrogen) atoms. The van der Waals surface area contributed by atoms with Crippen LogP contribution in [0.25, 0.3) is 0 Å². The number of aliphatic carboxylic acids is 1. The second kappa shape index (κ2) is 5.60. The van der Waals surface area contributed by atoms with Crippen molar-refractivity contribution in [2.24, 2.45) is 0 Å². The number of imide groups is 1. The number of carboxylic acid groups (broad SMARTS) is 1. The minimum Gasteiger partial charge on any atom is -0.481 e. The summed E-state index contributed by atoms with van der Waals surface area (Å²) in [7, 11) is 1.41. The lowest BCUT2D eigenvalue weighted by Gasteiger charge is -2.18. The number of nitrogens with one attached hydrogen (secondary N) is 2. The van der Waals surface area contributed by atoms with Crippen molar-refractivity contribution in [2.75, 3.05) is 25.0 Å². The van der Waals surface area contributed by atoms with E-state index in [1.165, 1.54) is 7.05 Å². The standard InChI is InChI=1S/C13H15N3O4/c1-14-13(20)15-11(17)7-16-6-9(12(18)19)8-4-2-3-5-10(8)16/h2-5,9H,6-7H2,1H3,(H,18,19)(H2,14,15,17,20). The van der Waals surface area contributed by atoms with E-state index in [0.717, 1.165) is 0 Å². The molecule has 1 aliphatic heterocycles. The van der Waals surface area contributed by atoms with Gasteiger partial charge >= 0.3 is 12.0 Å². The van der Waals surface area contributed by atoms with E-state index in [2.05, 4.69) is 10.6 Å². The summed E-state index contributed by atoms with van der Waals surface area (Å²) in [6.45, 7) is 0.157. The topological polar surface area (TPSA) is 98.7 Å². The highest BCUT2D eigenvalue weighted by Gasteiger charge is 2.34. The van der Waals surface area contributed by atoms with Gasteiger partial charge in [0, 0.05) is 19.3 Å². The lowest BCUT2D eigenvalue weighted by Crippen LogP contribution is -2.43. The quantitative estimate of drug-likeness (QED) is 0.729. The average Bonchev–Trinajstić information content (AvgIpc) is 2.78. The molecule has 2 rings (SSSR count). The zero-order valence-corrected chi connectivity index (χ0v) is 10.9. The van der Waals surface area contributed by atoms with E-state index in [-0.39, 0.29) is 13.1 Å². The molecule has 1 heterocycles. The fraction of sp³-hybridized carbons (Fsp3) is 0.308. The summed E-state index contributed by atoms with van der Waals surface area (Å²) in [5.74, 6) is -2.06. The van der Waals surface area contributed by atoms with Crippen LogP contribution in [-0.2, 0) is 9.59 Å². The zero-order valence-electron chi connectivity index (χ0n) is 10.9. The monoisotopic (exact) mass is 277 g/mol. The molecule has 1 unspecified atom stereocenters. The summed E-state index contributed by atoms with van der Waals surface area (Å²) in [4.78, 5) is 35.6. The number of amides is 3.